The first-order valence-corrected chi connectivity index (χ1v) is 20.6. The molecule has 1 aliphatic heterocycles. The summed E-state index contributed by atoms with van der Waals surface area (Å²) in [6.45, 7) is 4.44. The van der Waals surface area contributed by atoms with Gasteiger partial charge in [-0.05, 0) is 30.0 Å². The van der Waals surface area contributed by atoms with Crippen molar-refractivity contribution >= 4 is 47.7 Å². The molecule has 0 N–H and O–H groups in total. The Labute approximate surface area is 258 Å². The quantitative estimate of drug-likeness (QED) is 0.132. The summed E-state index contributed by atoms with van der Waals surface area (Å²) in [6, 6.07) is 46.7. The van der Waals surface area contributed by atoms with Crippen molar-refractivity contribution in [3.63, 3.8) is 0 Å². The zero-order valence-electron chi connectivity index (χ0n) is 22.5. The molecular formula is C36H28Cl2SiZr. The van der Waals surface area contributed by atoms with Gasteiger partial charge in [-0.25, -0.2) is 0 Å². The molecule has 40 heavy (non-hydrogen) atoms. The van der Waals surface area contributed by atoms with Crippen molar-refractivity contribution in [1.29, 1.82) is 0 Å². The van der Waals surface area contributed by atoms with Crippen LogP contribution in [0.2, 0.25) is 0 Å². The smallest absolute Gasteiger partial charge is 0.0920 e. The van der Waals surface area contributed by atoms with Crippen molar-refractivity contribution in [2.24, 2.45) is 0 Å². The summed E-state index contributed by atoms with van der Waals surface area (Å²) in [5.74, 6) is 0. The van der Waals surface area contributed by atoms with Crippen LogP contribution in [0.1, 0.15) is 18.1 Å². The van der Waals surface area contributed by atoms with Gasteiger partial charge in [0.2, 0.25) is 0 Å². The van der Waals surface area contributed by atoms with Crippen LogP contribution < -0.4 is 10.4 Å². The van der Waals surface area contributed by atoms with Gasteiger partial charge in [-0.15, -0.1) is 40.1 Å². The van der Waals surface area contributed by atoms with Gasteiger partial charge in [0.15, 0.2) is 0 Å². The van der Waals surface area contributed by atoms with Crippen LogP contribution in [0.4, 0.5) is 0 Å². The fourth-order valence-corrected chi connectivity index (χ4v) is 6.63. The third-order valence-corrected chi connectivity index (χ3v) is 8.58. The van der Waals surface area contributed by atoms with E-state index in [9.17, 15) is 0 Å². The first kappa shape index (κ1) is 28.9. The fraction of sp³-hybridized carbons (Fsp3) is 0.0833. The Morgan fingerprint density at radius 2 is 1.45 bits per heavy atom. The van der Waals surface area contributed by atoms with E-state index in [1.165, 1.54) is 65.7 Å². The van der Waals surface area contributed by atoms with Gasteiger partial charge in [-0.1, -0.05) is 114 Å². The molecule has 1 aliphatic rings. The van der Waals surface area contributed by atoms with E-state index in [-0.39, 0.29) is 0 Å². The average molecular weight is 651 g/mol. The SMILES string of the molecule is CCc1ccc2[cH-]c(-c3ccccc3)cc2c1-c1ccccc1C.[Cl][Zr+2][Cl].[c-]1cccc2c1[Si]c1ccccc1-2. The van der Waals surface area contributed by atoms with E-state index >= 15 is 0 Å². The van der Waals surface area contributed by atoms with Gasteiger partial charge < -0.3 is 0 Å². The minimum Gasteiger partial charge on any atom is -0.184 e. The zero-order chi connectivity index (χ0) is 27.9. The number of benzene rings is 5. The van der Waals surface area contributed by atoms with Gasteiger partial charge >= 0.3 is 37.9 Å². The molecule has 7 rings (SSSR count). The number of hydrogen-bond acceptors (Lipinski definition) is 0. The molecule has 0 aromatic heterocycles. The third-order valence-electron chi connectivity index (χ3n) is 7.21. The molecule has 0 fully saturated rings. The number of aryl methyl sites for hydroxylation is 2. The van der Waals surface area contributed by atoms with E-state index in [0.29, 0.717) is 0 Å². The van der Waals surface area contributed by atoms with Crippen LogP contribution in [0.25, 0.3) is 44.2 Å². The summed E-state index contributed by atoms with van der Waals surface area (Å²) in [6.07, 6.45) is 1.05. The van der Waals surface area contributed by atoms with Gasteiger partial charge in [0.25, 0.3) is 0 Å². The topological polar surface area (TPSA) is 0 Å². The molecule has 0 spiro atoms. The van der Waals surface area contributed by atoms with Crippen LogP contribution >= 0.6 is 17.0 Å². The van der Waals surface area contributed by atoms with Crippen LogP contribution in [0.5, 0.6) is 0 Å². The predicted molar refractivity (Wildman–Crippen MR) is 172 cm³/mol. The Morgan fingerprint density at radius 1 is 0.775 bits per heavy atom. The fourth-order valence-electron chi connectivity index (χ4n) is 5.32. The van der Waals surface area contributed by atoms with E-state index < -0.39 is 20.8 Å². The number of halogens is 2. The minimum absolute atomic E-state index is 0.795. The molecular weight excluding hydrogens is 623 g/mol. The van der Waals surface area contributed by atoms with Crippen molar-refractivity contribution in [3.05, 3.63) is 139 Å². The molecule has 0 atom stereocenters. The second kappa shape index (κ2) is 13.8. The van der Waals surface area contributed by atoms with Crippen molar-refractivity contribution < 1.29 is 20.8 Å². The van der Waals surface area contributed by atoms with Crippen molar-refractivity contribution in [1.82, 2.24) is 0 Å². The summed E-state index contributed by atoms with van der Waals surface area (Å²) < 4.78 is 0. The maximum absolute atomic E-state index is 4.93. The molecule has 6 aromatic carbocycles. The second-order valence-electron chi connectivity index (χ2n) is 9.58. The molecule has 1 heterocycles. The normalized spacial score (nSPS) is 10.9. The molecule has 0 saturated heterocycles. The van der Waals surface area contributed by atoms with Crippen molar-refractivity contribution in [2.45, 2.75) is 20.3 Å². The van der Waals surface area contributed by atoms with Crippen LogP contribution in [0, 0.1) is 13.0 Å². The number of fused-ring (bicyclic) bond motifs is 4. The number of rotatable bonds is 3. The molecule has 4 heteroatoms. The van der Waals surface area contributed by atoms with Gasteiger partial charge in [-0.3, -0.25) is 0 Å². The molecule has 0 nitrogen and oxygen atoms in total. The molecule has 0 aliphatic carbocycles. The third kappa shape index (κ3) is 6.32. The maximum atomic E-state index is 4.93. The van der Waals surface area contributed by atoms with Crippen LogP contribution in [-0.2, 0) is 27.3 Å². The Hall–Kier alpha value is -2.61. The predicted octanol–water partition coefficient (Wildman–Crippen LogP) is 9.26. The summed E-state index contributed by atoms with van der Waals surface area (Å²) in [5.41, 5.74) is 10.9. The van der Waals surface area contributed by atoms with Gasteiger partial charge in [-0.2, -0.15) is 29.5 Å². The Kier molecular flexibility index (Phi) is 10.00. The summed E-state index contributed by atoms with van der Waals surface area (Å²) >= 11 is -0.826. The second-order valence-corrected chi connectivity index (χ2v) is 14.6. The standard InChI is InChI=1S/C24H21.C12H7Si.2ClH.Zr/c1-3-18-13-14-20-15-21(19-10-5-4-6-11-19)16-23(20)24(18)22-12-8-7-9-17(22)2;1-3-7-11-9(5-1)10-6-2-4-8-12(10)13-11;;;/h4-16H,3H2,1-2H3;1-7H;2*1H;/q2*-1;;;+4/p-2. The Bertz CT molecular complexity index is 1680. The van der Waals surface area contributed by atoms with E-state index in [1.54, 1.807) is 0 Å². The van der Waals surface area contributed by atoms with Gasteiger partial charge in [0.1, 0.15) is 0 Å². The Balaban J connectivity index is 0.000000168. The average Bonchev–Trinajstić information content (AvgIpc) is 3.60. The van der Waals surface area contributed by atoms with Crippen LogP contribution in [0.3, 0.4) is 0 Å². The van der Waals surface area contributed by atoms with Crippen molar-refractivity contribution in [2.75, 3.05) is 0 Å². The van der Waals surface area contributed by atoms with E-state index in [4.69, 9.17) is 17.0 Å². The van der Waals surface area contributed by atoms with Crippen LogP contribution in [0.15, 0.2) is 121 Å². The largest absolute Gasteiger partial charge is 0.184 e. The molecule has 0 amide bonds. The molecule has 0 unspecified atom stereocenters. The maximum Gasteiger partial charge on any atom is 0.0920 e. The minimum atomic E-state index is -0.826. The first-order chi connectivity index (χ1) is 19.6. The molecule has 0 bridgehead atoms. The molecule has 6 aromatic rings. The van der Waals surface area contributed by atoms with Crippen molar-refractivity contribution in [3.8, 4) is 33.4 Å². The summed E-state index contributed by atoms with van der Waals surface area (Å²) in [7, 11) is 10.7. The van der Waals surface area contributed by atoms with E-state index in [0.717, 1.165) is 15.9 Å². The van der Waals surface area contributed by atoms with E-state index in [2.05, 4.69) is 135 Å². The van der Waals surface area contributed by atoms with Gasteiger partial charge in [0.05, 0.1) is 9.52 Å². The summed E-state index contributed by atoms with van der Waals surface area (Å²) in [4.78, 5) is 0. The van der Waals surface area contributed by atoms with Gasteiger partial charge in [0, 0.05) is 0 Å². The first-order valence-electron chi connectivity index (χ1n) is 13.3. The zero-order valence-corrected chi connectivity index (χ0v) is 27.5. The number of hydrogen-bond donors (Lipinski definition) is 0. The van der Waals surface area contributed by atoms with Crippen LogP contribution in [-0.4, -0.2) is 9.52 Å². The molecule has 2 radical (unpaired) electrons. The van der Waals surface area contributed by atoms with E-state index in [1.807, 2.05) is 6.07 Å². The molecule has 0 saturated carbocycles. The monoisotopic (exact) mass is 648 g/mol. The Morgan fingerprint density at radius 3 is 2.20 bits per heavy atom. The molecule has 194 valence electrons. The summed E-state index contributed by atoms with van der Waals surface area (Å²) in [5, 5.41) is 5.51.